The highest BCUT2D eigenvalue weighted by atomic mass is 35.5. The molecule has 1 aromatic carbocycles. The number of aromatic nitrogens is 3. The van der Waals surface area contributed by atoms with Crippen LogP contribution in [0.2, 0.25) is 5.02 Å². The van der Waals surface area contributed by atoms with Crippen molar-refractivity contribution in [3.05, 3.63) is 70.0 Å². The fourth-order valence-corrected chi connectivity index (χ4v) is 4.28. The fourth-order valence-electron chi connectivity index (χ4n) is 4.11. The van der Waals surface area contributed by atoms with E-state index in [9.17, 15) is 18.4 Å². The second-order valence-corrected chi connectivity index (χ2v) is 8.82. The molecule has 1 saturated heterocycles. The summed E-state index contributed by atoms with van der Waals surface area (Å²) in [6.07, 6.45) is 0.692. The average molecular weight is 489 g/mol. The number of nitrogens with two attached hydrogens (primary N) is 1. The molecule has 0 radical (unpaired) electrons. The molecule has 8 nitrogen and oxygen atoms in total. The van der Waals surface area contributed by atoms with Gasteiger partial charge in [0.05, 0.1) is 16.0 Å². The molecule has 1 aliphatic rings. The van der Waals surface area contributed by atoms with Crippen LogP contribution in [0.15, 0.2) is 36.4 Å². The molecular weight excluding hydrogens is 466 g/mol. The van der Waals surface area contributed by atoms with E-state index < -0.39 is 28.9 Å². The highest BCUT2D eigenvalue weighted by Crippen LogP contribution is 2.36. The maximum absolute atomic E-state index is 14.3. The van der Waals surface area contributed by atoms with Crippen LogP contribution in [0.1, 0.15) is 34.6 Å². The number of halogens is 3. The van der Waals surface area contributed by atoms with Crippen LogP contribution in [0.3, 0.4) is 0 Å². The summed E-state index contributed by atoms with van der Waals surface area (Å²) in [6.45, 7) is 2.21. The number of piperidine rings is 1. The van der Waals surface area contributed by atoms with Gasteiger partial charge in [-0.15, -0.1) is 0 Å². The zero-order chi connectivity index (χ0) is 24.5. The SMILES string of the molecule is Cc1cc(Nc2nc(CC3(C(N)=O)CCN(C(=O)c4cccc(Cl)c4F)CC3)ccc2F)n[nH]1. The topological polar surface area (TPSA) is 117 Å². The first-order chi connectivity index (χ1) is 16.2. The first kappa shape index (κ1) is 23.6. The van der Waals surface area contributed by atoms with Gasteiger partial charge in [0, 0.05) is 37.0 Å². The zero-order valence-electron chi connectivity index (χ0n) is 18.4. The zero-order valence-corrected chi connectivity index (χ0v) is 19.1. The lowest BCUT2D eigenvalue weighted by molar-refractivity contribution is -0.130. The lowest BCUT2D eigenvalue weighted by atomic mass is 9.74. The number of hydrogen-bond donors (Lipinski definition) is 3. The number of carbonyl (C=O) groups excluding carboxylic acids is 2. The van der Waals surface area contributed by atoms with Gasteiger partial charge in [0.25, 0.3) is 5.91 Å². The van der Waals surface area contributed by atoms with E-state index in [4.69, 9.17) is 17.3 Å². The number of primary amides is 1. The Morgan fingerprint density at radius 3 is 2.62 bits per heavy atom. The van der Waals surface area contributed by atoms with Crippen molar-refractivity contribution in [3.63, 3.8) is 0 Å². The number of rotatable bonds is 6. The second-order valence-electron chi connectivity index (χ2n) is 8.41. The van der Waals surface area contributed by atoms with Gasteiger partial charge >= 0.3 is 0 Å². The molecular formula is C23H23ClF2N6O2. The standard InChI is InChI=1S/C23H23ClF2N6O2/c1-13-11-18(31-30-13)29-20-17(25)6-5-14(28-20)12-23(22(27)34)7-9-32(10-8-23)21(33)15-3-2-4-16(24)19(15)26/h2-6,11H,7-10,12H2,1H3,(H2,27,34)(H2,28,29,30,31). The van der Waals surface area contributed by atoms with Crippen LogP contribution in [-0.4, -0.2) is 45.0 Å². The molecule has 0 unspecified atom stereocenters. The quantitative estimate of drug-likeness (QED) is 0.488. The minimum absolute atomic E-state index is 0.0207. The molecule has 4 rings (SSSR count). The molecule has 3 heterocycles. The molecule has 3 aromatic rings. The van der Waals surface area contributed by atoms with Crippen LogP contribution in [-0.2, 0) is 11.2 Å². The van der Waals surface area contributed by atoms with Gasteiger partial charge in [-0.2, -0.15) is 5.10 Å². The molecule has 11 heteroatoms. The summed E-state index contributed by atoms with van der Waals surface area (Å²) in [5.74, 6) is -1.99. The molecule has 34 heavy (non-hydrogen) atoms. The first-order valence-corrected chi connectivity index (χ1v) is 11.0. The summed E-state index contributed by atoms with van der Waals surface area (Å²) in [5, 5.41) is 9.45. The number of hydrogen-bond acceptors (Lipinski definition) is 5. The van der Waals surface area contributed by atoms with Crippen LogP contribution in [0, 0.1) is 24.0 Å². The number of H-pyrrole nitrogens is 1. The molecule has 0 aliphatic carbocycles. The number of anilines is 2. The molecule has 1 aliphatic heterocycles. The number of nitrogens with zero attached hydrogens (tertiary/aromatic N) is 3. The minimum atomic E-state index is -0.978. The Bertz CT molecular complexity index is 1240. The number of nitrogens with one attached hydrogen (secondary N) is 2. The van der Waals surface area contributed by atoms with Crippen LogP contribution in [0.4, 0.5) is 20.4 Å². The Morgan fingerprint density at radius 2 is 1.97 bits per heavy atom. The highest BCUT2D eigenvalue weighted by molar-refractivity contribution is 6.31. The van der Waals surface area contributed by atoms with Gasteiger partial charge in [-0.25, -0.2) is 13.8 Å². The maximum Gasteiger partial charge on any atom is 0.256 e. The number of benzene rings is 1. The van der Waals surface area contributed by atoms with Crippen LogP contribution in [0.25, 0.3) is 0 Å². The summed E-state index contributed by atoms with van der Waals surface area (Å²) in [4.78, 5) is 31.1. The maximum atomic E-state index is 14.3. The lowest BCUT2D eigenvalue weighted by Crippen LogP contribution is -2.50. The lowest BCUT2D eigenvalue weighted by Gasteiger charge is -2.39. The van der Waals surface area contributed by atoms with Crippen molar-refractivity contribution in [2.45, 2.75) is 26.2 Å². The van der Waals surface area contributed by atoms with E-state index in [1.807, 2.05) is 6.92 Å². The third-order valence-corrected chi connectivity index (χ3v) is 6.38. The third-order valence-electron chi connectivity index (χ3n) is 6.09. The fraction of sp³-hybridized carbons (Fsp3) is 0.304. The summed E-state index contributed by atoms with van der Waals surface area (Å²) in [6, 6.07) is 8.71. The number of likely N-dealkylation sites (tertiary alicyclic amines) is 1. The predicted molar refractivity (Wildman–Crippen MR) is 123 cm³/mol. The molecule has 0 bridgehead atoms. The van der Waals surface area contributed by atoms with Crippen molar-refractivity contribution in [3.8, 4) is 0 Å². The predicted octanol–water partition coefficient (Wildman–Crippen LogP) is 3.74. The highest BCUT2D eigenvalue weighted by Gasteiger charge is 2.42. The van der Waals surface area contributed by atoms with E-state index in [1.165, 1.54) is 35.2 Å². The van der Waals surface area contributed by atoms with Crippen molar-refractivity contribution in [1.29, 1.82) is 0 Å². The number of carbonyl (C=O) groups is 2. The monoisotopic (exact) mass is 488 g/mol. The molecule has 2 amide bonds. The van der Waals surface area contributed by atoms with Crippen molar-refractivity contribution < 1.29 is 18.4 Å². The molecule has 0 atom stereocenters. The van der Waals surface area contributed by atoms with Crippen molar-refractivity contribution in [1.82, 2.24) is 20.1 Å². The summed E-state index contributed by atoms with van der Waals surface area (Å²) in [7, 11) is 0. The van der Waals surface area contributed by atoms with Gasteiger partial charge in [0.15, 0.2) is 23.3 Å². The summed E-state index contributed by atoms with van der Waals surface area (Å²) < 4.78 is 28.6. The van der Waals surface area contributed by atoms with Gasteiger partial charge in [0.1, 0.15) is 0 Å². The smallest absolute Gasteiger partial charge is 0.256 e. The van der Waals surface area contributed by atoms with Gasteiger partial charge < -0.3 is 16.0 Å². The van der Waals surface area contributed by atoms with Crippen LogP contribution < -0.4 is 11.1 Å². The Kier molecular flexibility index (Phi) is 6.52. The number of amides is 2. The Hall–Kier alpha value is -3.53. The van der Waals surface area contributed by atoms with Crippen LogP contribution >= 0.6 is 11.6 Å². The molecule has 4 N–H and O–H groups in total. The van der Waals surface area contributed by atoms with Crippen molar-refractivity contribution in [2.24, 2.45) is 11.1 Å². The average Bonchev–Trinajstić information content (AvgIpc) is 3.22. The first-order valence-electron chi connectivity index (χ1n) is 10.7. The normalized spacial score (nSPS) is 15.2. The Morgan fingerprint density at radius 1 is 1.24 bits per heavy atom. The molecule has 0 spiro atoms. The third kappa shape index (κ3) is 4.72. The van der Waals surface area contributed by atoms with Crippen molar-refractivity contribution in [2.75, 3.05) is 18.4 Å². The van der Waals surface area contributed by atoms with E-state index in [1.54, 1.807) is 6.07 Å². The number of aryl methyl sites for hydroxylation is 1. The Labute approximate surface area is 199 Å². The van der Waals surface area contributed by atoms with E-state index in [2.05, 4.69) is 20.5 Å². The molecule has 2 aromatic heterocycles. The van der Waals surface area contributed by atoms with Gasteiger partial charge in [-0.1, -0.05) is 17.7 Å². The molecule has 0 saturated carbocycles. The van der Waals surface area contributed by atoms with Crippen molar-refractivity contribution >= 4 is 35.1 Å². The van der Waals surface area contributed by atoms with E-state index in [0.29, 0.717) is 11.5 Å². The van der Waals surface area contributed by atoms with Gasteiger partial charge in [-0.3, -0.25) is 14.7 Å². The van der Waals surface area contributed by atoms with E-state index in [-0.39, 0.29) is 48.8 Å². The molecule has 178 valence electrons. The second kappa shape index (κ2) is 9.38. The minimum Gasteiger partial charge on any atom is -0.369 e. The van der Waals surface area contributed by atoms with Crippen LogP contribution in [0.5, 0.6) is 0 Å². The summed E-state index contributed by atoms with van der Waals surface area (Å²) >= 11 is 5.80. The Balaban J connectivity index is 1.50. The largest absolute Gasteiger partial charge is 0.369 e. The van der Waals surface area contributed by atoms with E-state index >= 15 is 0 Å². The number of pyridine rings is 1. The van der Waals surface area contributed by atoms with E-state index in [0.717, 1.165) is 5.69 Å². The summed E-state index contributed by atoms with van der Waals surface area (Å²) in [5.41, 5.74) is 5.94. The number of aromatic amines is 1. The van der Waals surface area contributed by atoms with Gasteiger partial charge in [0.2, 0.25) is 5.91 Å². The molecule has 1 fully saturated rings. The van der Waals surface area contributed by atoms with Gasteiger partial charge in [-0.05, 0) is 44.0 Å².